The van der Waals surface area contributed by atoms with Gasteiger partial charge in [-0.1, -0.05) is 55.5 Å². The Morgan fingerprint density at radius 1 is 1.22 bits per heavy atom. The van der Waals surface area contributed by atoms with Crippen LogP contribution in [0.3, 0.4) is 0 Å². The number of carbonyl (C=O) groups excluding carboxylic acids is 1. The quantitative estimate of drug-likeness (QED) is 0.472. The van der Waals surface area contributed by atoms with Gasteiger partial charge >= 0.3 is 5.97 Å². The third kappa shape index (κ3) is 3.57. The lowest BCUT2D eigenvalue weighted by Crippen LogP contribution is -2.45. The summed E-state index contributed by atoms with van der Waals surface area (Å²) in [6, 6.07) is 10.6. The second-order valence-corrected chi connectivity index (χ2v) is 10.2. The summed E-state index contributed by atoms with van der Waals surface area (Å²) in [4.78, 5) is 10.8. The van der Waals surface area contributed by atoms with E-state index in [0.717, 1.165) is 5.57 Å². The first-order valence-corrected chi connectivity index (χ1v) is 9.33. The number of rotatable bonds is 4. The molecule has 1 unspecified atom stereocenters. The van der Waals surface area contributed by atoms with Crippen molar-refractivity contribution in [2.45, 2.75) is 39.4 Å². The largest absolute Gasteiger partial charge is 0.435 e. The van der Waals surface area contributed by atoms with E-state index in [4.69, 9.17) is 4.74 Å². The van der Waals surface area contributed by atoms with Crippen LogP contribution in [-0.2, 0) is 9.53 Å². The highest BCUT2D eigenvalue weighted by Gasteiger charge is 2.31. The van der Waals surface area contributed by atoms with E-state index in [1.54, 1.807) is 6.26 Å². The Hall–Kier alpha value is -1.35. The lowest BCUT2D eigenvalue weighted by molar-refractivity contribution is -0.135. The fraction of sp³-hybridized carbons (Fsp3) is 0.400. The summed E-state index contributed by atoms with van der Waals surface area (Å²) in [6.45, 7) is 10.4. The van der Waals surface area contributed by atoms with Crippen molar-refractivity contribution >= 4 is 19.2 Å². The average molecular weight is 262 g/mol. The summed E-state index contributed by atoms with van der Waals surface area (Å²) in [7, 11) is -1.58. The first-order valence-electron chi connectivity index (χ1n) is 6.25. The zero-order valence-electron chi connectivity index (χ0n) is 11.9. The van der Waals surface area contributed by atoms with Crippen LogP contribution < -0.4 is 5.19 Å². The number of ether oxygens (including phenoxy) is 1. The molecule has 0 aliphatic rings. The number of carbonyl (C=O) groups is 1. The van der Waals surface area contributed by atoms with Crippen molar-refractivity contribution in [3.05, 3.63) is 42.2 Å². The number of benzene rings is 1. The number of esters is 1. The molecule has 0 aliphatic carbocycles. The Kier molecular flexibility index (Phi) is 4.90. The van der Waals surface area contributed by atoms with Crippen molar-refractivity contribution in [1.29, 1.82) is 0 Å². The van der Waals surface area contributed by atoms with E-state index in [1.165, 1.54) is 12.1 Å². The van der Waals surface area contributed by atoms with Crippen LogP contribution in [-0.4, -0.2) is 14.0 Å². The third-order valence-electron chi connectivity index (χ3n) is 3.69. The fourth-order valence-electron chi connectivity index (χ4n) is 1.96. The van der Waals surface area contributed by atoms with Gasteiger partial charge in [-0.2, -0.15) is 0 Å². The monoisotopic (exact) mass is 262 g/mol. The smallest absolute Gasteiger partial charge is 0.307 e. The number of hydrogen-bond acceptors (Lipinski definition) is 2. The third-order valence-corrected chi connectivity index (χ3v) is 8.14. The van der Waals surface area contributed by atoms with E-state index in [-0.39, 0.29) is 5.97 Å². The molecule has 2 nitrogen and oxygen atoms in total. The van der Waals surface area contributed by atoms with Gasteiger partial charge in [0.2, 0.25) is 0 Å². The maximum absolute atomic E-state index is 10.8. The molecule has 0 saturated heterocycles. The molecule has 0 spiro atoms. The summed E-state index contributed by atoms with van der Waals surface area (Å²) in [5.74, 6) is -0.263. The van der Waals surface area contributed by atoms with Crippen molar-refractivity contribution in [2.75, 3.05) is 0 Å². The Balaban J connectivity index is 2.91. The van der Waals surface area contributed by atoms with Gasteiger partial charge in [-0.15, -0.1) is 0 Å². The van der Waals surface area contributed by atoms with Gasteiger partial charge in [0.25, 0.3) is 0 Å². The zero-order chi connectivity index (χ0) is 13.8. The summed E-state index contributed by atoms with van der Waals surface area (Å²) < 4.78 is 4.98. The van der Waals surface area contributed by atoms with Gasteiger partial charge in [-0.25, -0.2) is 0 Å². The van der Waals surface area contributed by atoms with Gasteiger partial charge in [0.1, 0.15) is 0 Å². The highest BCUT2D eigenvalue weighted by molar-refractivity contribution is 6.91. The van der Waals surface area contributed by atoms with Crippen LogP contribution in [0, 0.1) is 0 Å². The van der Waals surface area contributed by atoms with Crippen molar-refractivity contribution in [2.24, 2.45) is 0 Å². The summed E-state index contributed by atoms with van der Waals surface area (Å²) in [6.07, 6.45) is 1.60. The van der Waals surface area contributed by atoms with Gasteiger partial charge < -0.3 is 4.74 Å². The minimum atomic E-state index is -1.58. The van der Waals surface area contributed by atoms with Gasteiger partial charge in [0, 0.05) is 6.92 Å². The Morgan fingerprint density at radius 2 is 1.78 bits per heavy atom. The minimum Gasteiger partial charge on any atom is -0.435 e. The summed E-state index contributed by atoms with van der Waals surface area (Å²) in [5, 5.41) is 1.42. The second kappa shape index (κ2) is 6.00. The average Bonchev–Trinajstić information content (AvgIpc) is 2.36. The Labute approximate surface area is 111 Å². The predicted octanol–water partition coefficient (Wildman–Crippen LogP) is 3.46. The predicted molar refractivity (Wildman–Crippen MR) is 78.5 cm³/mol. The molecule has 1 aromatic carbocycles. The van der Waals surface area contributed by atoms with Crippen molar-refractivity contribution in [3.63, 3.8) is 0 Å². The van der Waals surface area contributed by atoms with E-state index in [1.807, 2.05) is 13.0 Å². The summed E-state index contributed by atoms with van der Waals surface area (Å²) in [5.41, 5.74) is 1.56. The van der Waals surface area contributed by atoms with Crippen molar-refractivity contribution < 1.29 is 9.53 Å². The topological polar surface area (TPSA) is 26.3 Å². The number of allylic oxidation sites excluding steroid dienone is 1. The molecule has 0 saturated carbocycles. The Bertz CT molecular complexity index is 435. The maximum Gasteiger partial charge on any atom is 0.307 e. The van der Waals surface area contributed by atoms with Gasteiger partial charge in [-0.05, 0) is 18.0 Å². The molecule has 0 radical (unpaired) electrons. The van der Waals surface area contributed by atoms with E-state index in [9.17, 15) is 4.79 Å². The molecule has 0 aromatic heterocycles. The standard InChI is InChI=1S/C15H22O2Si/c1-12(11-17-14(3)16)13(2)18(4,5)15-9-7-6-8-10-15/h6-11,13H,1-5H3/b12-11+. The van der Waals surface area contributed by atoms with E-state index in [0.29, 0.717) is 5.54 Å². The molecule has 18 heavy (non-hydrogen) atoms. The van der Waals surface area contributed by atoms with E-state index < -0.39 is 8.07 Å². The highest BCUT2D eigenvalue weighted by Crippen LogP contribution is 2.28. The molecule has 1 atom stereocenters. The van der Waals surface area contributed by atoms with Crippen LogP contribution in [0.4, 0.5) is 0 Å². The lowest BCUT2D eigenvalue weighted by atomic mass is 10.2. The summed E-state index contributed by atoms with van der Waals surface area (Å²) >= 11 is 0. The van der Waals surface area contributed by atoms with E-state index >= 15 is 0 Å². The molecule has 0 bridgehead atoms. The zero-order valence-corrected chi connectivity index (χ0v) is 12.9. The SMILES string of the molecule is CC(=O)O/C=C(\C)C(C)[Si](C)(C)c1ccccc1. The fourth-order valence-corrected chi connectivity index (χ4v) is 4.72. The van der Waals surface area contributed by atoms with Crippen LogP contribution in [0.2, 0.25) is 18.6 Å². The van der Waals surface area contributed by atoms with Gasteiger partial charge in [0.05, 0.1) is 14.3 Å². The highest BCUT2D eigenvalue weighted by atomic mass is 28.3. The van der Waals surface area contributed by atoms with Crippen LogP contribution in [0.25, 0.3) is 0 Å². The Morgan fingerprint density at radius 3 is 2.28 bits per heavy atom. The van der Waals surface area contributed by atoms with Gasteiger partial charge in [-0.3, -0.25) is 4.79 Å². The molecule has 3 heteroatoms. The molecule has 0 N–H and O–H groups in total. The normalized spacial score (nSPS) is 14.2. The molecule has 98 valence electrons. The van der Waals surface area contributed by atoms with Crippen LogP contribution in [0.5, 0.6) is 0 Å². The van der Waals surface area contributed by atoms with Crippen molar-refractivity contribution in [3.8, 4) is 0 Å². The maximum atomic E-state index is 10.8. The first kappa shape index (κ1) is 14.7. The molecule has 1 rings (SSSR count). The lowest BCUT2D eigenvalue weighted by Gasteiger charge is -2.30. The second-order valence-electron chi connectivity index (χ2n) is 5.28. The van der Waals surface area contributed by atoms with Crippen LogP contribution in [0.15, 0.2) is 42.2 Å². The molecule has 0 fully saturated rings. The minimum absolute atomic E-state index is 0.263. The molecule has 1 aromatic rings. The van der Waals surface area contributed by atoms with Gasteiger partial charge in [0.15, 0.2) is 0 Å². The molecule has 0 heterocycles. The van der Waals surface area contributed by atoms with Crippen LogP contribution in [0.1, 0.15) is 20.8 Å². The van der Waals surface area contributed by atoms with Crippen molar-refractivity contribution in [1.82, 2.24) is 0 Å². The molecule has 0 aliphatic heterocycles. The number of hydrogen-bond donors (Lipinski definition) is 0. The molecular weight excluding hydrogens is 240 g/mol. The van der Waals surface area contributed by atoms with Crippen LogP contribution >= 0.6 is 0 Å². The molecular formula is C15H22O2Si. The molecule has 0 amide bonds. The first-order chi connectivity index (χ1) is 8.35. The van der Waals surface area contributed by atoms with E-state index in [2.05, 4.69) is 44.3 Å².